The minimum Gasteiger partial charge on any atom is -0.350 e. The predicted molar refractivity (Wildman–Crippen MR) is 72.8 cm³/mol. The molecule has 0 N–H and O–H groups in total. The molecule has 0 saturated carbocycles. The number of hydrogen-bond donors (Lipinski definition) is 0. The smallest absolute Gasteiger partial charge is 0.295 e. The summed E-state index contributed by atoms with van der Waals surface area (Å²) in [6.45, 7) is 0. The Hall–Kier alpha value is -2.69. The molecule has 0 unspecified atom stereocenters. The summed E-state index contributed by atoms with van der Waals surface area (Å²) in [4.78, 5) is 14.9. The van der Waals surface area contributed by atoms with Crippen LogP contribution in [0.2, 0.25) is 0 Å². The number of aryl methyl sites for hydroxylation is 1. The number of nitrogens with zero attached hydrogens (tertiary/aromatic N) is 3. The van der Waals surface area contributed by atoms with E-state index in [1.54, 1.807) is 12.3 Å². The van der Waals surface area contributed by atoms with Gasteiger partial charge in [0.05, 0.1) is 4.92 Å². The highest BCUT2D eigenvalue weighted by molar-refractivity contribution is 5.96. The molecule has 0 radical (unpaired) electrons. The van der Waals surface area contributed by atoms with Crippen LogP contribution in [-0.4, -0.2) is 14.5 Å². The molecule has 0 atom stereocenters. The standard InChI is InChI=1S/C14H11N3O2/c1-16-9-11(10-5-2-3-6-12(10)16)14-13(17(18)19)7-4-8-15-14/h2-9H,1H3. The van der Waals surface area contributed by atoms with Gasteiger partial charge in [0, 0.05) is 42.0 Å². The van der Waals surface area contributed by atoms with Crippen molar-refractivity contribution < 1.29 is 4.92 Å². The van der Waals surface area contributed by atoms with Gasteiger partial charge in [-0.1, -0.05) is 18.2 Å². The summed E-state index contributed by atoms with van der Waals surface area (Å²) in [7, 11) is 1.92. The van der Waals surface area contributed by atoms with Crippen molar-refractivity contribution in [3.05, 3.63) is 58.9 Å². The number of fused-ring (bicyclic) bond motifs is 1. The fourth-order valence-corrected chi connectivity index (χ4v) is 2.28. The number of pyridine rings is 1. The Morgan fingerprint density at radius 1 is 1.21 bits per heavy atom. The zero-order valence-electron chi connectivity index (χ0n) is 10.3. The Bertz CT molecular complexity index is 777. The van der Waals surface area contributed by atoms with Gasteiger partial charge in [-0.15, -0.1) is 0 Å². The Kier molecular flexibility index (Phi) is 2.52. The van der Waals surface area contributed by atoms with Crippen LogP contribution in [0.1, 0.15) is 0 Å². The van der Waals surface area contributed by atoms with Gasteiger partial charge in [0.1, 0.15) is 5.69 Å². The lowest BCUT2D eigenvalue weighted by Gasteiger charge is -1.99. The van der Waals surface area contributed by atoms with Crippen LogP contribution in [0.4, 0.5) is 5.69 Å². The molecule has 3 rings (SSSR count). The maximum absolute atomic E-state index is 11.1. The minimum atomic E-state index is -0.399. The lowest BCUT2D eigenvalue weighted by Crippen LogP contribution is -1.93. The number of aromatic nitrogens is 2. The molecule has 3 aromatic rings. The van der Waals surface area contributed by atoms with Crippen molar-refractivity contribution in [2.24, 2.45) is 7.05 Å². The highest BCUT2D eigenvalue weighted by atomic mass is 16.6. The lowest BCUT2D eigenvalue weighted by atomic mass is 10.1. The first kappa shape index (κ1) is 11.4. The van der Waals surface area contributed by atoms with E-state index in [1.165, 1.54) is 6.07 Å². The zero-order valence-corrected chi connectivity index (χ0v) is 10.3. The quantitative estimate of drug-likeness (QED) is 0.520. The van der Waals surface area contributed by atoms with E-state index in [0.29, 0.717) is 5.69 Å². The van der Waals surface area contributed by atoms with E-state index in [2.05, 4.69) is 4.98 Å². The Balaban J connectivity index is 2.34. The summed E-state index contributed by atoms with van der Waals surface area (Å²) < 4.78 is 1.95. The average molecular weight is 253 g/mol. The van der Waals surface area contributed by atoms with Crippen molar-refractivity contribution in [1.82, 2.24) is 9.55 Å². The first-order valence-electron chi connectivity index (χ1n) is 5.82. The molecule has 5 nitrogen and oxygen atoms in total. The van der Waals surface area contributed by atoms with Gasteiger partial charge in [-0.05, 0) is 12.1 Å². The summed E-state index contributed by atoms with van der Waals surface area (Å²) in [5.41, 5.74) is 2.24. The molecule has 19 heavy (non-hydrogen) atoms. The normalized spacial score (nSPS) is 10.8. The van der Waals surface area contributed by atoms with E-state index in [0.717, 1.165) is 16.5 Å². The molecule has 0 spiro atoms. The summed E-state index contributed by atoms with van der Waals surface area (Å²) in [6.07, 6.45) is 3.45. The van der Waals surface area contributed by atoms with Gasteiger partial charge < -0.3 is 4.57 Å². The third kappa shape index (κ3) is 1.76. The number of benzene rings is 1. The van der Waals surface area contributed by atoms with Crippen molar-refractivity contribution in [2.75, 3.05) is 0 Å². The van der Waals surface area contributed by atoms with E-state index >= 15 is 0 Å². The second-order valence-electron chi connectivity index (χ2n) is 4.30. The van der Waals surface area contributed by atoms with Gasteiger partial charge in [0.25, 0.3) is 5.69 Å². The summed E-state index contributed by atoms with van der Waals surface area (Å²) in [5.74, 6) is 0. The topological polar surface area (TPSA) is 61.0 Å². The molecule has 0 aliphatic carbocycles. The maximum Gasteiger partial charge on any atom is 0.295 e. The predicted octanol–water partition coefficient (Wildman–Crippen LogP) is 3.15. The van der Waals surface area contributed by atoms with E-state index < -0.39 is 4.92 Å². The van der Waals surface area contributed by atoms with Gasteiger partial charge in [-0.25, -0.2) is 4.98 Å². The monoisotopic (exact) mass is 253 g/mol. The third-order valence-electron chi connectivity index (χ3n) is 3.14. The summed E-state index contributed by atoms with van der Waals surface area (Å²) in [6, 6.07) is 10.8. The molecule has 1 aromatic carbocycles. The first-order chi connectivity index (χ1) is 9.18. The van der Waals surface area contributed by atoms with Gasteiger partial charge in [-0.3, -0.25) is 10.1 Å². The Morgan fingerprint density at radius 3 is 2.79 bits per heavy atom. The first-order valence-corrected chi connectivity index (χ1v) is 5.82. The van der Waals surface area contributed by atoms with Crippen LogP contribution in [0.3, 0.4) is 0 Å². The maximum atomic E-state index is 11.1. The van der Waals surface area contributed by atoms with Crippen molar-refractivity contribution in [3.8, 4) is 11.3 Å². The molecule has 2 aromatic heterocycles. The van der Waals surface area contributed by atoms with E-state index in [4.69, 9.17) is 0 Å². The molecule has 2 heterocycles. The van der Waals surface area contributed by atoms with Crippen molar-refractivity contribution in [1.29, 1.82) is 0 Å². The largest absolute Gasteiger partial charge is 0.350 e. The summed E-state index contributed by atoms with van der Waals surface area (Å²) in [5, 5.41) is 12.1. The van der Waals surface area contributed by atoms with Crippen LogP contribution >= 0.6 is 0 Å². The number of nitro groups is 1. The van der Waals surface area contributed by atoms with Gasteiger partial charge in [-0.2, -0.15) is 0 Å². The van der Waals surface area contributed by atoms with Crippen molar-refractivity contribution in [3.63, 3.8) is 0 Å². The fourth-order valence-electron chi connectivity index (χ4n) is 2.28. The molecular formula is C14H11N3O2. The van der Waals surface area contributed by atoms with Crippen LogP contribution in [0, 0.1) is 10.1 Å². The molecule has 0 bridgehead atoms. The van der Waals surface area contributed by atoms with Crippen LogP contribution in [0.25, 0.3) is 22.2 Å². The number of hydrogen-bond acceptors (Lipinski definition) is 3. The van der Waals surface area contributed by atoms with Crippen LogP contribution < -0.4 is 0 Å². The van der Waals surface area contributed by atoms with E-state index in [9.17, 15) is 10.1 Å². The highest BCUT2D eigenvalue weighted by Gasteiger charge is 2.19. The number of para-hydroxylation sites is 1. The van der Waals surface area contributed by atoms with E-state index in [-0.39, 0.29) is 5.69 Å². The van der Waals surface area contributed by atoms with Crippen LogP contribution in [0.15, 0.2) is 48.8 Å². The minimum absolute atomic E-state index is 0.0267. The van der Waals surface area contributed by atoms with Crippen LogP contribution in [-0.2, 0) is 7.05 Å². The average Bonchev–Trinajstić information content (AvgIpc) is 2.77. The molecule has 0 aliphatic heterocycles. The molecule has 5 heteroatoms. The third-order valence-corrected chi connectivity index (χ3v) is 3.14. The molecule has 0 aliphatic rings. The molecule has 0 amide bonds. The number of rotatable bonds is 2. The highest BCUT2D eigenvalue weighted by Crippen LogP contribution is 2.33. The fraction of sp³-hybridized carbons (Fsp3) is 0.0714. The second-order valence-corrected chi connectivity index (χ2v) is 4.30. The molecule has 0 saturated heterocycles. The summed E-state index contributed by atoms with van der Waals surface area (Å²) >= 11 is 0. The Labute approximate surface area is 109 Å². The molecule has 0 fully saturated rings. The van der Waals surface area contributed by atoms with Gasteiger partial charge in [0.2, 0.25) is 0 Å². The van der Waals surface area contributed by atoms with Gasteiger partial charge >= 0.3 is 0 Å². The van der Waals surface area contributed by atoms with Crippen molar-refractivity contribution >= 4 is 16.6 Å². The Morgan fingerprint density at radius 2 is 2.00 bits per heavy atom. The molecule has 94 valence electrons. The van der Waals surface area contributed by atoms with Crippen molar-refractivity contribution in [2.45, 2.75) is 0 Å². The second kappa shape index (κ2) is 4.20. The van der Waals surface area contributed by atoms with Gasteiger partial charge in [0.15, 0.2) is 0 Å². The zero-order chi connectivity index (χ0) is 13.4. The lowest BCUT2D eigenvalue weighted by molar-refractivity contribution is -0.384. The SMILES string of the molecule is Cn1cc(-c2ncccc2[N+](=O)[O-])c2ccccc21. The molecular weight excluding hydrogens is 242 g/mol. The van der Waals surface area contributed by atoms with Crippen LogP contribution in [0.5, 0.6) is 0 Å². The van der Waals surface area contributed by atoms with E-state index in [1.807, 2.05) is 42.1 Å².